The molecule has 27 heavy (non-hydrogen) atoms. The van der Waals surface area contributed by atoms with Crippen LogP contribution < -0.4 is 10.3 Å². The molecule has 2 N–H and O–H groups in total. The second-order valence-electron chi connectivity index (χ2n) is 6.28. The summed E-state index contributed by atoms with van der Waals surface area (Å²) in [6.45, 7) is 1.04. The lowest BCUT2D eigenvalue weighted by Crippen LogP contribution is -2.38. The van der Waals surface area contributed by atoms with Crippen molar-refractivity contribution in [2.75, 3.05) is 13.2 Å². The van der Waals surface area contributed by atoms with Gasteiger partial charge in [0.25, 0.3) is 5.56 Å². The molecule has 0 bridgehead atoms. The van der Waals surface area contributed by atoms with Crippen LogP contribution in [0, 0.1) is 5.82 Å². The van der Waals surface area contributed by atoms with E-state index in [2.05, 4.69) is 10.2 Å². The fourth-order valence-corrected chi connectivity index (χ4v) is 2.92. The molecule has 0 atom stereocenters. The van der Waals surface area contributed by atoms with Gasteiger partial charge in [-0.3, -0.25) is 4.79 Å². The number of carbonyl (C=O) groups is 1. The Morgan fingerprint density at radius 2 is 2.07 bits per heavy atom. The van der Waals surface area contributed by atoms with Crippen LogP contribution in [0.25, 0.3) is 10.8 Å². The highest BCUT2D eigenvalue weighted by Crippen LogP contribution is 2.24. The maximum Gasteiger partial charge on any atom is 0.338 e. The minimum Gasteiger partial charge on any atom is -0.486 e. The summed E-state index contributed by atoms with van der Waals surface area (Å²) in [7, 11) is 0. The van der Waals surface area contributed by atoms with Crippen LogP contribution in [-0.4, -0.2) is 40.6 Å². The molecule has 1 aliphatic rings. The van der Waals surface area contributed by atoms with Crippen molar-refractivity contribution in [1.29, 1.82) is 0 Å². The number of fused-ring (bicyclic) bond motifs is 1. The van der Waals surface area contributed by atoms with Gasteiger partial charge in [-0.1, -0.05) is 6.07 Å². The van der Waals surface area contributed by atoms with E-state index in [0.717, 1.165) is 6.07 Å². The van der Waals surface area contributed by atoms with Gasteiger partial charge in [-0.15, -0.1) is 0 Å². The van der Waals surface area contributed by atoms with Gasteiger partial charge in [0.15, 0.2) is 0 Å². The largest absolute Gasteiger partial charge is 0.486 e. The lowest BCUT2D eigenvalue weighted by atomic mass is 10.0. The lowest BCUT2D eigenvalue weighted by molar-refractivity contribution is -0.0796. The Labute approximate surface area is 152 Å². The monoisotopic (exact) mass is 370 g/mol. The van der Waals surface area contributed by atoms with E-state index >= 15 is 0 Å². The molecule has 7 nitrogen and oxygen atoms in total. The number of benzene rings is 2. The van der Waals surface area contributed by atoms with Gasteiger partial charge in [-0.05, 0) is 35.9 Å². The lowest BCUT2D eigenvalue weighted by Gasteiger charge is -2.26. The van der Waals surface area contributed by atoms with Crippen molar-refractivity contribution >= 4 is 16.7 Å². The molecular formula is C19H15FN2O5. The number of carboxylic acid groups (broad SMARTS) is 1. The summed E-state index contributed by atoms with van der Waals surface area (Å²) in [4.78, 5) is 23.2. The molecule has 0 spiro atoms. The number of carboxylic acids is 1. The summed E-state index contributed by atoms with van der Waals surface area (Å²) in [5.41, 5.74) is 0.351. The molecule has 2 aromatic carbocycles. The van der Waals surface area contributed by atoms with Gasteiger partial charge in [0.05, 0.1) is 29.9 Å². The molecule has 0 radical (unpaired) electrons. The third-order valence-corrected chi connectivity index (χ3v) is 4.38. The second-order valence-corrected chi connectivity index (χ2v) is 6.28. The molecular weight excluding hydrogens is 355 g/mol. The summed E-state index contributed by atoms with van der Waals surface area (Å²) in [6.07, 6.45) is 0.209. The Bertz CT molecular complexity index is 1090. The highest BCUT2D eigenvalue weighted by atomic mass is 19.1. The smallest absolute Gasteiger partial charge is 0.338 e. The average molecular weight is 370 g/mol. The quantitative estimate of drug-likeness (QED) is 0.713. The van der Waals surface area contributed by atoms with E-state index in [1.807, 2.05) is 0 Å². The first-order valence-corrected chi connectivity index (χ1v) is 8.28. The van der Waals surface area contributed by atoms with Crippen LogP contribution in [0.3, 0.4) is 0 Å². The summed E-state index contributed by atoms with van der Waals surface area (Å²) < 4.78 is 24.5. The van der Waals surface area contributed by atoms with Gasteiger partial charge in [-0.2, -0.15) is 5.10 Å². The molecule has 0 unspecified atom stereocenters. The Balaban J connectivity index is 1.73. The third-order valence-electron chi connectivity index (χ3n) is 4.38. The van der Waals surface area contributed by atoms with Crippen molar-refractivity contribution in [2.45, 2.75) is 12.5 Å². The van der Waals surface area contributed by atoms with E-state index in [4.69, 9.17) is 14.6 Å². The number of rotatable bonds is 5. The molecule has 0 amide bonds. The van der Waals surface area contributed by atoms with Gasteiger partial charge in [-0.25, -0.2) is 14.3 Å². The Morgan fingerprint density at radius 3 is 2.78 bits per heavy atom. The van der Waals surface area contributed by atoms with Crippen LogP contribution in [-0.2, 0) is 11.2 Å². The van der Waals surface area contributed by atoms with Crippen molar-refractivity contribution in [3.8, 4) is 5.75 Å². The number of halogens is 1. The van der Waals surface area contributed by atoms with Crippen molar-refractivity contribution < 1.29 is 23.8 Å². The van der Waals surface area contributed by atoms with Gasteiger partial charge in [0.1, 0.15) is 17.7 Å². The van der Waals surface area contributed by atoms with E-state index in [1.54, 1.807) is 18.2 Å². The maximum absolute atomic E-state index is 13.6. The molecule has 4 rings (SSSR count). The molecule has 0 aliphatic carbocycles. The minimum absolute atomic E-state index is 0.0175. The first-order valence-electron chi connectivity index (χ1n) is 8.28. The molecule has 1 aliphatic heterocycles. The summed E-state index contributed by atoms with van der Waals surface area (Å²) in [6, 6.07) is 8.96. The standard InChI is InChI=1S/C19H15FN2O5/c20-16-4-1-10(5-15(16)19(24)25)6-17-14-7-11(27-12-8-26-9-12)2-3-13(14)18(23)22-21-17/h1-5,7,12H,6,8-9H2,(H,22,23)(H,24,25). The number of aromatic amines is 1. The molecule has 1 saturated heterocycles. The second kappa shape index (κ2) is 6.81. The number of H-pyrrole nitrogens is 1. The van der Waals surface area contributed by atoms with Crippen molar-refractivity contribution in [3.05, 3.63) is 69.4 Å². The van der Waals surface area contributed by atoms with Crippen LogP contribution in [0.5, 0.6) is 5.75 Å². The fourth-order valence-electron chi connectivity index (χ4n) is 2.92. The summed E-state index contributed by atoms with van der Waals surface area (Å²) in [5, 5.41) is 16.7. The zero-order valence-corrected chi connectivity index (χ0v) is 14.1. The van der Waals surface area contributed by atoms with E-state index in [0.29, 0.717) is 41.0 Å². The van der Waals surface area contributed by atoms with Crippen LogP contribution in [0.15, 0.2) is 41.2 Å². The molecule has 2 heterocycles. The Morgan fingerprint density at radius 1 is 1.26 bits per heavy atom. The van der Waals surface area contributed by atoms with Crippen molar-refractivity contribution in [2.24, 2.45) is 0 Å². The summed E-state index contributed by atoms with van der Waals surface area (Å²) in [5.74, 6) is -1.55. The van der Waals surface area contributed by atoms with Crippen LogP contribution in [0.2, 0.25) is 0 Å². The van der Waals surface area contributed by atoms with Gasteiger partial charge < -0.3 is 14.6 Å². The molecule has 138 valence electrons. The van der Waals surface area contributed by atoms with Gasteiger partial charge in [0, 0.05) is 11.8 Å². The minimum atomic E-state index is -1.34. The zero-order chi connectivity index (χ0) is 19.0. The molecule has 8 heteroatoms. The van der Waals surface area contributed by atoms with Crippen molar-refractivity contribution in [1.82, 2.24) is 10.2 Å². The van der Waals surface area contributed by atoms with Gasteiger partial charge >= 0.3 is 5.97 Å². The third kappa shape index (κ3) is 3.39. The average Bonchev–Trinajstić information content (AvgIpc) is 2.62. The predicted molar refractivity (Wildman–Crippen MR) is 93.8 cm³/mol. The molecule has 3 aromatic rings. The van der Waals surface area contributed by atoms with Crippen LogP contribution in [0.4, 0.5) is 4.39 Å². The zero-order valence-electron chi connectivity index (χ0n) is 14.1. The highest BCUT2D eigenvalue weighted by molar-refractivity contribution is 5.88. The Kier molecular flexibility index (Phi) is 4.33. The van der Waals surface area contributed by atoms with E-state index in [1.165, 1.54) is 12.1 Å². The van der Waals surface area contributed by atoms with E-state index < -0.39 is 17.3 Å². The van der Waals surface area contributed by atoms with E-state index in [9.17, 15) is 14.0 Å². The van der Waals surface area contributed by atoms with Crippen LogP contribution >= 0.6 is 0 Å². The molecule has 1 fully saturated rings. The predicted octanol–water partition coefficient (Wildman–Crippen LogP) is 2.13. The molecule has 1 aromatic heterocycles. The number of aromatic carboxylic acids is 1. The maximum atomic E-state index is 13.6. The number of hydrogen-bond donors (Lipinski definition) is 2. The highest BCUT2D eigenvalue weighted by Gasteiger charge is 2.20. The number of nitrogens with zero attached hydrogens (tertiary/aromatic N) is 1. The SMILES string of the molecule is O=C(O)c1cc(Cc2n[nH]c(=O)c3ccc(OC4COC4)cc23)ccc1F. The Hall–Kier alpha value is -3.26. The number of nitrogens with one attached hydrogen (secondary N) is 1. The first kappa shape index (κ1) is 17.2. The van der Waals surface area contributed by atoms with Crippen LogP contribution in [0.1, 0.15) is 21.6 Å². The summed E-state index contributed by atoms with van der Waals surface area (Å²) >= 11 is 0. The first-order chi connectivity index (χ1) is 13.0. The normalized spacial score (nSPS) is 14.1. The fraction of sp³-hybridized carbons (Fsp3) is 0.211. The van der Waals surface area contributed by atoms with Gasteiger partial charge in [0.2, 0.25) is 0 Å². The topological polar surface area (TPSA) is 102 Å². The van der Waals surface area contributed by atoms with E-state index in [-0.39, 0.29) is 18.1 Å². The van der Waals surface area contributed by atoms with Crippen molar-refractivity contribution in [3.63, 3.8) is 0 Å². The number of ether oxygens (including phenoxy) is 2. The number of hydrogen-bond acceptors (Lipinski definition) is 5. The molecule has 0 saturated carbocycles. The number of aromatic nitrogens is 2.